The fraction of sp³-hybridized carbons (Fsp3) is 0.294. The van der Waals surface area contributed by atoms with Gasteiger partial charge >= 0.3 is 0 Å². The van der Waals surface area contributed by atoms with Crippen molar-refractivity contribution in [3.63, 3.8) is 0 Å². The Morgan fingerprint density at radius 3 is 2.50 bits per heavy atom. The predicted octanol–water partition coefficient (Wildman–Crippen LogP) is 3.43. The van der Waals surface area contributed by atoms with Gasteiger partial charge in [0.1, 0.15) is 5.82 Å². The fourth-order valence-electron chi connectivity index (χ4n) is 3.03. The standard InChI is InChI=1S/C17H17F3N2/c18-13-3-1-2-11(6-13)12-7-14(21)10-22(9-12)15-4-5-16(19)17(20)8-15/h1-6,8,12,14H,7,9-10,21H2. The van der Waals surface area contributed by atoms with Gasteiger partial charge < -0.3 is 10.6 Å². The Bertz CT molecular complexity index is 675. The number of nitrogens with zero attached hydrogens (tertiary/aromatic N) is 1. The van der Waals surface area contributed by atoms with Crippen LogP contribution in [0.3, 0.4) is 0 Å². The monoisotopic (exact) mass is 306 g/mol. The third kappa shape index (κ3) is 3.09. The number of piperidine rings is 1. The van der Waals surface area contributed by atoms with Crippen molar-refractivity contribution in [3.05, 3.63) is 65.5 Å². The molecule has 0 aromatic heterocycles. The first-order chi connectivity index (χ1) is 10.5. The maximum Gasteiger partial charge on any atom is 0.160 e. The summed E-state index contributed by atoms with van der Waals surface area (Å²) in [6.45, 7) is 1.17. The van der Waals surface area contributed by atoms with E-state index in [-0.39, 0.29) is 17.8 Å². The summed E-state index contributed by atoms with van der Waals surface area (Å²) in [6, 6.07) is 10.2. The van der Waals surface area contributed by atoms with Gasteiger partial charge in [-0.1, -0.05) is 12.1 Å². The summed E-state index contributed by atoms with van der Waals surface area (Å²) in [6.07, 6.45) is 0.740. The van der Waals surface area contributed by atoms with E-state index in [0.717, 1.165) is 18.1 Å². The lowest BCUT2D eigenvalue weighted by atomic mass is 9.88. The van der Waals surface area contributed by atoms with Gasteiger partial charge in [-0.2, -0.15) is 0 Å². The van der Waals surface area contributed by atoms with E-state index in [1.807, 2.05) is 11.0 Å². The van der Waals surface area contributed by atoms with Crippen LogP contribution in [0.1, 0.15) is 17.9 Å². The number of anilines is 1. The second kappa shape index (κ2) is 6.01. The SMILES string of the molecule is NC1CC(c2cccc(F)c2)CN(c2ccc(F)c(F)c2)C1. The molecule has 2 nitrogen and oxygen atoms in total. The predicted molar refractivity (Wildman–Crippen MR) is 80.3 cm³/mol. The Morgan fingerprint density at radius 2 is 1.77 bits per heavy atom. The van der Waals surface area contributed by atoms with E-state index in [2.05, 4.69) is 0 Å². The van der Waals surface area contributed by atoms with Crippen LogP contribution in [-0.4, -0.2) is 19.1 Å². The zero-order valence-corrected chi connectivity index (χ0v) is 12.0. The van der Waals surface area contributed by atoms with E-state index in [0.29, 0.717) is 18.8 Å². The molecule has 1 heterocycles. The molecule has 0 radical (unpaired) electrons. The second-order valence-electron chi connectivity index (χ2n) is 5.75. The van der Waals surface area contributed by atoms with Crippen molar-refractivity contribution in [2.75, 3.05) is 18.0 Å². The minimum absolute atomic E-state index is 0.0626. The van der Waals surface area contributed by atoms with Crippen LogP contribution in [0.25, 0.3) is 0 Å². The average Bonchev–Trinajstić information content (AvgIpc) is 2.49. The van der Waals surface area contributed by atoms with Crippen molar-refractivity contribution in [2.24, 2.45) is 5.73 Å². The summed E-state index contributed by atoms with van der Waals surface area (Å²) in [7, 11) is 0. The van der Waals surface area contributed by atoms with Crippen LogP contribution < -0.4 is 10.6 Å². The van der Waals surface area contributed by atoms with Crippen LogP contribution in [0.2, 0.25) is 0 Å². The van der Waals surface area contributed by atoms with Gasteiger partial charge in [0.25, 0.3) is 0 Å². The zero-order chi connectivity index (χ0) is 15.7. The van der Waals surface area contributed by atoms with Gasteiger partial charge in [-0.3, -0.25) is 0 Å². The number of nitrogens with two attached hydrogens (primary N) is 1. The number of hydrogen-bond acceptors (Lipinski definition) is 2. The smallest absolute Gasteiger partial charge is 0.160 e. The molecule has 2 N–H and O–H groups in total. The highest BCUT2D eigenvalue weighted by molar-refractivity contribution is 5.48. The van der Waals surface area contributed by atoms with Crippen molar-refractivity contribution >= 4 is 5.69 Å². The third-order valence-corrected chi connectivity index (χ3v) is 4.07. The molecule has 2 atom stereocenters. The molecule has 1 saturated heterocycles. The molecule has 22 heavy (non-hydrogen) atoms. The van der Waals surface area contributed by atoms with Crippen molar-refractivity contribution in [3.8, 4) is 0 Å². The Labute approximate surface area is 127 Å². The molecule has 2 aromatic rings. The molecule has 0 amide bonds. The van der Waals surface area contributed by atoms with Gasteiger partial charge in [-0.05, 0) is 36.2 Å². The first-order valence-corrected chi connectivity index (χ1v) is 7.24. The highest BCUT2D eigenvalue weighted by Gasteiger charge is 2.27. The van der Waals surface area contributed by atoms with Crippen molar-refractivity contribution in [2.45, 2.75) is 18.4 Å². The molecule has 0 saturated carbocycles. The first kappa shape index (κ1) is 14.9. The highest BCUT2D eigenvalue weighted by Crippen LogP contribution is 2.30. The maximum absolute atomic E-state index is 13.4. The van der Waals surface area contributed by atoms with Crippen LogP contribution >= 0.6 is 0 Å². The van der Waals surface area contributed by atoms with Gasteiger partial charge in [-0.25, -0.2) is 13.2 Å². The Hall–Kier alpha value is -2.01. The molecular formula is C17H17F3N2. The molecule has 0 spiro atoms. The molecule has 5 heteroatoms. The molecule has 2 aromatic carbocycles. The van der Waals surface area contributed by atoms with Crippen LogP contribution in [0.5, 0.6) is 0 Å². The van der Waals surface area contributed by atoms with Gasteiger partial charge in [0.15, 0.2) is 11.6 Å². The first-order valence-electron chi connectivity index (χ1n) is 7.24. The van der Waals surface area contributed by atoms with E-state index < -0.39 is 11.6 Å². The van der Waals surface area contributed by atoms with Crippen LogP contribution in [-0.2, 0) is 0 Å². The normalized spacial score (nSPS) is 21.9. The van der Waals surface area contributed by atoms with E-state index in [1.165, 1.54) is 18.2 Å². The molecular weight excluding hydrogens is 289 g/mol. The lowest BCUT2D eigenvalue weighted by Gasteiger charge is -2.38. The number of halogens is 3. The molecule has 1 aliphatic rings. The maximum atomic E-state index is 13.4. The molecule has 116 valence electrons. The molecule has 3 rings (SSSR count). The highest BCUT2D eigenvalue weighted by atomic mass is 19.2. The minimum atomic E-state index is -0.876. The van der Waals surface area contributed by atoms with Gasteiger partial charge in [0, 0.05) is 36.8 Å². The van der Waals surface area contributed by atoms with Gasteiger partial charge in [0.2, 0.25) is 0 Å². The average molecular weight is 306 g/mol. The lowest BCUT2D eigenvalue weighted by Crippen LogP contribution is -2.46. The van der Waals surface area contributed by atoms with Crippen molar-refractivity contribution in [1.82, 2.24) is 0 Å². The second-order valence-corrected chi connectivity index (χ2v) is 5.75. The Balaban J connectivity index is 1.85. The van der Waals surface area contributed by atoms with Crippen LogP contribution in [0.4, 0.5) is 18.9 Å². The number of rotatable bonds is 2. The molecule has 0 aliphatic carbocycles. The topological polar surface area (TPSA) is 29.3 Å². The zero-order valence-electron chi connectivity index (χ0n) is 12.0. The van der Waals surface area contributed by atoms with E-state index in [4.69, 9.17) is 5.73 Å². The van der Waals surface area contributed by atoms with Crippen molar-refractivity contribution < 1.29 is 13.2 Å². The Morgan fingerprint density at radius 1 is 0.955 bits per heavy atom. The van der Waals surface area contributed by atoms with Crippen LogP contribution in [0.15, 0.2) is 42.5 Å². The van der Waals surface area contributed by atoms with Gasteiger partial charge in [0.05, 0.1) is 0 Å². The third-order valence-electron chi connectivity index (χ3n) is 4.07. The number of benzene rings is 2. The van der Waals surface area contributed by atoms with Crippen LogP contribution in [0, 0.1) is 17.5 Å². The summed E-state index contributed by atoms with van der Waals surface area (Å²) in [5, 5.41) is 0. The number of hydrogen-bond donors (Lipinski definition) is 1. The molecule has 0 bridgehead atoms. The summed E-state index contributed by atoms with van der Waals surface area (Å²) in [5.41, 5.74) is 7.56. The summed E-state index contributed by atoms with van der Waals surface area (Å²) in [5.74, 6) is -1.96. The molecule has 1 fully saturated rings. The minimum Gasteiger partial charge on any atom is -0.369 e. The summed E-state index contributed by atoms with van der Waals surface area (Å²) in [4.78, 5) is 1.92. The largest absolute Gasteiger partial charge is 0.369 e. The van der Waals surface area contributed by atoms with Gasteiger partial charge in [-0.15, -0.1) is 0 Å². The summed E-state index contributed by atoms with van der Waals surface area (Å²) >= 11 is 0. The molecule has 2 unspecified atom stereocenters. The van der Waals surface area contributed by atoms with Crippen molar-refractivity contribution in [1.29, 1.82) is 0 Å². The quantitative estimate of drug-likeness (QED) is 0.921. The summed E-state index contributed by atoms with van der Waals surface area (Å²) < 4.78 is 39.9. The van der Waals surface area contributed by atoms with E-state index >= 15 is 0 Å². The fourth-order valence-corrected chi connectivity index (χ4v) is 3.03. The molecule has 1 aliphatic heterocycles. The van der Waals surface area contributed by atoms with E-state index in [1.54, 1.807) is 12.1 Å². The Kier molecular flexibility index (Phi) is 4.07. The van der Waals surface area contributed by atoms with E-state index in [9.17, 15) is 13.2 Å². The lowest BCUT2D eigenvalue weighted by molar-refractivity contribution is 0.450.